The van der Waals surface area contributed by atoms with Gasteiger partial charge in [0.1, 0.15) is 9.75 Å². The van der Waals surface area contributed by atoms with Crippen LogP contribution in [0.5, 0.6) is 0 Å². The van der Waals surface area contributed by atoms with E-state index in [1.54, 1.807) is 34.8 Å². The molecule has 0 radical (unpaired) electrons. The Labute approximate surface area is 167 Å². The Bertz CT molecular complexity index is 1000. The lowest BCUT2D eigenvalue weighted by Gasteiger charge is -1.99. The molecule has 0 aliphatic carbocycles. The van der Waals surface area contributed by atoms with Gasteiger partial charge in [0.15, 0.2) is 0 Å². The van der Waals surface area contributed by atoms with Gasteiger partial charge < -0.3 is 0 Å². The Balaban J connectivity index is 1.46. The molecule has 0 aromatic carbocycles. The zero-order chi connectivity index (χ0) is 16.8. The minimum absolute atomic E-state index is 0.385. The smallest absolute Gasteiger partial charge is 0.241 e. The van der Waals surface area contributed by atoms with Crippen LogP contribution < -0.4 is 0 Å². The molecule has 0 fully saturated rings. The van der Waals surface area contributed by atoms with E-state index >= 15 is 0 Å². The van der Waals surface area contributed by atoms with E-state index in [2.05, 4.69) is 31.9 Å². The largest absolute Gasteiger partial charge is 0.396 e. The third-order valence-electron chi connectivity index (χ3n) is 3.05. The topological polar surface area (TPSA) is 52.6 Å². The number of fused-ring (bicyclic) bond motifs is 2. The summed E-state index contributed by atoms with van der Waals surface area (Å²) in [5.74, 6) is -1.36. The van der Waals surface area contributed by atoms with Crippen molar-refractivity contribution in [3.63, 3.8) is 0 Å². The molecule has 4 heterocycles. The first-order valence-corrected chi connectivity index (χ1v) is 11.3. The maximum Gasteiger partial charge on any atom is 0.396 e. The van der Waals surface area contributed by atoms with Gasteiger partial charge in [0.05, 0.1) is 17.0 Å². The lowest BCUT2D eigenvalue weighted by Crippen LogP contribution is -2.09. The van der Waals surface area contributed by atoms with Crippen LogP contribution in [0.2, 0.25) is 0 Å². The summed E-state index contributed by atoms with van der Waals surface area (Å²) in [5, 5.41) is 5.79. The standard InChI is InChI=1S/C14H4Br2O4S4/c15-11-9-5(3-21-11)1-7(23-9)13(17)19-20-14(18)8-2-6-4-22-12(16)10(6)24-8/h1-4H. The minimum atomic E-state index is -0.680. The van der Waals surface area contributed by atoms with Crippen molar-refractivity contribution in [2.45, 2.75) is 0 Å². The van der Waals surface area contributed by atoms with Crippen molar-refractivity contribution < 1.29 is 19.4 Å². The van der Waals surface area contributed by atoms with Gasteiger partial charge in [-0.1, -0.05) is 0 Å². The Kier molecular flexibility index (Phi) is 4.52. The molecule has 24 heavy (non-hydrogen) atoms. The highest BCUT2D eigenvalue weighted by atomic mass is 79.9. The molecule has 0 saturated heterocycles. The van der Waals surface area contributed by atoms with Crippen LogP contribution in [0.1, 0.15) is 19.3 Å². The molecule has 4 aromatic heterocycles. The summed E-state index contributed by atoms with van der Waals surface area (Å²) in [4.78, 5) is 34.2. The summed E-state index contributed by atoms with van der Waals surface area (Å²) in [6.45, 7) is 0. The first kappa shape index (κ1) is 16.7. The summed E-state index contributed by atoms with van der Waals surface area (Å²) in [7, 11) is 0. The fourth-order valence-corrected chi connectivity index (χ4v) is 7.14. The van der Waals surface area contributed by atoms with Gasteiger partial charge in [-0.15, -0.1) is 45.3 Å². The van der Waals surface area contributed by atoms with Crippen molar-refractivity contribution in [1.29, 1.82) is 0 Å². The van der Waals surface area contributed by atoms with Crippen molar-refractivity contribution in [3.8, 4) is 0 Å². The molecule has 4 nitrogen and oxygen atoms in total. The molecule has 0 amide bonds. The highest BCUT2D eigenvalue weighted by Crippen LogP contribution is 2.38. The Morgan fingerprint density at radius 3 is 1.58 bits per heavy atom. The quantitative estimate of drug-likeness (QED) is 0.217. The Hall–Kier alpha value is -0.780. The average Bonchev–Trinajstić information content (AvgIpc) is 3.29. The second kappa shape index (κ2) is 6.50. The lowest BCUT2D eigenvalue weighted by molar-refractivity contribution is -0.187. The molecule has 0 aliphatic rings. The van der Waals surface area contributed by atoms with E-state index in [-0.39, 0.29) is 0 Å². The van der Waals surface area contributed by atoms with Gasteiger partial charge in [-0.3, -0.25) is 0 Å². The molecule has 122 valence electrons. The molecule has 10 heteroatoms. The highest BCUT2D eigenvalue weighted by Gasteiger charge is 2.20. The number of hydrogen-bond donors (Lipinski definition) is 0. The second-order valence-corrected chi connectivity index (χ2v) is 11.1. The number of carbonyl (C=O) groups is 2. The molecule has 0 N–H and O–H groups in total. The van der Waals surface area contributed by atoms with Crippen molar-refractivity contribution in [2.24, 2.45) is 0 Å². The van der Waals surface area contributed by atoms with Crippen molar-refractivity contribution >= 4 is 109 Å². The van der Waals surface area contributed by atoms with Crippen molar-refractivity contribution in [3.05, 3.63) is 40.2 Å². The van der Waals surface area contributed by atoms with Gasteiger partial charge >= 0.3 is 11.9 Å². The molecule has 0 atom stereocenters. The van der Waals surface area contributed by atoms with Crippen LogP contribution in [0.15, 0.2) is 30.5 Å². The van der Waals surface area contributed by atoms with E-state index in [9.17, 15) is 9.59 Å². The maximum absolute atomic E-state index is 12.0. The average molecular weight is 524 g/mol. The van der Waals surface area contributed by atoms with Gasteiger partial charge in [-0.05, 0) is 44.0 Å². The van der Waals surface area contributed by atoms with Gasteiger partial charge in [0, 0.05) is 21.5 Å². The molecular formula is C14H4Br2O4S4. The van der Waals surface area contributed by atoms with Crippen LogP contribution in [0.25, 0.3) is 20.2 Å². The van der Waals surface area contributed by atoms with Crippen LogP contribution in [0, 0.1) is 0 Å². The van der Waals surface area contributed by atoms with E-state index in [1.807, 2.05) is 10.8 Å². The summed E-state index contributed by atoms with van der Waals surface area (Å²) in [6, 6.07) is 3.44. The minimum Gasteiger partial charge on any atom is -0.241 e. The highest BCUT2D eigenvalue weighted by molar-refractivity contribution is 9.11. The fourth-order valence-electron chi connectivity index (χ4n) is 1.99. The number of hydrogen-bond acceptors (Lipinski definition) is 8. The molecule has 0 bridgehead atoms. The number of thiophene rings is 4. The lowest BCUT2D eigenvalue weighted by atomic mass is 10.4. The SMILES string of the molecule is O=C(OOC(=O)c1cc2csc(Br)c2s1)c1cc2csc(Br)c2s1. The van der Waals surface area contributed by atoms with Crippen LogP contribution in [0.4, 0.5) is 0 Å². The van der Waals surface area contributed by atoms with Crippen LogP contribution in [0.3, 0.4) is 0 Å². The molecule has 0 spiro atoms. The monoisotopic (exact) mass is 522 g/mol. The van der Waals surface area contributed by atoms with Gasteiger partial charge in [-0.2, -0.15) is 0 Å². The van der Waals surface area contributed by atoms with E-state index in [0.717, 1.165) is 27.7 Å². The van der Waals surface area contributed by atoms with Crippen LogP contribution in [-0.4, -0.2) is 11.9 Å². The van der Waals surface area contributed by atoms with Crippen LogP contribution >= 0.6 is 77.2 Å². The van der Waals surface area contributed by atoms with E-state index in [1.165, 1.54) is 22.7 Å². The normalized spacial score (nSPS) is 11.2. The Morgan fingerprint density at radius 2 is 1.21 bits per heavy atom. The summed E-state index contributed by atoms with van der Waals surface area (Å²) >= 11 is 12.5. The molecule has 0 unspecified atom stereocenters. The number of carbonyl (C=O) groups excluding carboxylic acids is 2. The van der Waals surface area contributed by atoms with Crippen molar-refractivity contribution in [2.75, 3.05) is 0 Å². The molecule has 0 aliphatic heterocycles. The zero-order valence-corrected chi connectivity index (χ0v) is 17.8. The van der Waals surface area contributed by atoms with E-state index in [0.29, 0.717) is 9.75 Å². The van der Waals surface area contributed by atoms with E-state index in [4.69, 9.17) is 9.78 Å². The summed E-state index contributed by atoms with van der Waals surface area (Å²) < 4.78 is 3.87. The first-order chi connectivity index (χ1) is 11.5. The van der Waals surface area contributed by atoms with Gasteiger partial charge in [0.25, 0.3) is 0 Å². The predicted molar refractivity (Wildman–Crippen MR) is 106 cm³/mol. The van der Waals surface area contributed by atoms with Gasteiger partial charge in [-0.25, -0.2) is 19.4 Å². The van der Waals surface area contributed by atoms with Gasteiger partial charge in [0.2, 0.25) is 0 Å². The summed E-state index contributed by atoms with van der Waals surface area (Å²) in [6.07, 6.45) is 0. The molecule has 0 saturated carbocycles. The zero-order valence-electron chi connectivity index (χ0n) is 11.3. The maximum atomic E-state index is 12.0. The van der Waals surface area contributed by atoms with Crippen LogP contribution in [-0.2, 0) is 9.78 Å². The first-order valence-electron chi connectivity index (χ1n) is 6.29. The molecule has 4 rings (SSSR count). The fraction of sp³-hybridized carbons (Fsp3) is 0. The third-order valence-corrected chi connectivity index (χ3v) is 9.61. The number of halogens is 2. The Morgan fingerprint density at radius 1 is 0.792 bits per heavy atom. The molecular weight excluding hydrogens is 520 g/mol. The third kappa shape index (κ3) is 2.95. The number of rotatable bonds is 2. The second-order valence-electron chi connectivity index (χ2n) is 4.55. The molecule has 4 aromatic rings. The summed E-state index contributed by atoms with van der Waals surface area (Å²) in [5.41, 5.74) is 0. The predicted octanol–water partition coefficient (Wildman–Crippen LogP) is 6.69. The van der Waals surface area contributed by atoms with E-state index < -0.39 is 11.9 Å². The van der Waals surface area contributed by atoms with Crippen molar-refractivity contribution in [1.82, 2.24) is 0 Å².